The van der Waals surface area contributed by atoms with Crippen molar-refractivity contribution >= 4 is 27.6 Å². The van der Waals surface area contributed by atoms with Gasteiger partial charge in [0.1, 0.15) is 0 Å². The lowest BCUT2D eigenvalue weighted by Crippen LogP contribution is -2.24. The zero-order valence-corrected chi connectivity index (χ0v) is 12.0. The number of aliphatic hydroxyl groups excluding tert-OH is 1. The van der Waals surface area contributed by atoms with E-state index in [0.717, 1.165) is 0 Å². The predicted octanol–water partition coefficient (Wildman–Crippen LogP) is 2.75. The van der Waals surface area contributed by atoms with Crippen LogP contribution in [0.5, 0.6) is 0 Å². The molecule has 1 aromatic carbocycles. The molecule has 2 N–H and O–H groups in total. The highest BCUT2D eigenvalue weighted by Gasteiger charge is 2.31. The highest BCUT2D eigenvalue weighted by atomic mass is 79.9. The molecule has 0 spiro atoms. The van der Waals surface area contributed by atoms with Gasteiger partial charge >= 0.3 is 5.97 Å². The molecule has 6 nitrogen and oxygen atoms in total. The van der Waals surface area contributed by atoms with Gasteiger partial charge in [0.2, 0.25) is 0 Å². The second kappa shape index (κ2) is 6.12. The first kappa shape index (κ1) is 15.6. The molecule has 1 aromatic rings. The number of carboxylic acids is 1. The Morgan fingerprint density at radius 3 is 2.47 bits per heavy atom. The third-order valence-corrected chi connectivity index (χ3v) is 3.68. The van der Waals surface area contributed by atoms with Crippen molar-refractivity contribution in [2.24, 2.45) is 11.8 Å². The molecule has 0 saturated carbocycles. The smallest absolute Gasteiger partial charge is 0.306 e. The SMILES string of the molecule is CC(C(=O)O)C(C)C(O)c1ccc(Br)cc1[N+](=O)[O-]. The number of carboxylic acid groups (broad SMARTS) is 1. The summed E-state index contributed by atoms with van der Waals surface area (Å²) in [5, 5.41) is 30.0. The van der Waals surface area contributed by atoms with Crippen molar-refractivity contribution in [3.8, 4) is 0 Å². The van der Waals surface area contributed by atoms with Crippen molar-refractivity contribution in [3.05, 3.63) is 38.3 Å². The normalized spacial score (nSPS) is 15.6. The van der Waals surface area contributed by atoms with Gasteiger partial charge in [0.05, 0.1) is 22.5 Å². The molecule has 3 unspecified atom stereocenters. The van der Waals surface area contributed by atoms with Crippen molar-refractivity contribution < 1.29 is 19.9 Å². The van der Waals surface area contributed by atoms with Gasteiger partial charge in [0, 0.05) is 10.5 Å². The summed E-state index contributed by atoms with van der Waals surface area (Å²) in [7, 11) is 0. The maximum Gasteiger partial charge on any atom is 0.306 e. The molecule has 0 aliphatic heterocycles. The number of aliphatic carboxylic acids is 1. The zero-order chi connectivity index (χ0) is 14.7. The summed E-state index contributed by atoms with van der Waals surface area (Å²) in [6.07, 6.45) is -1.21. The molecule has 19 heavy (non-hydrogen) atoms. The minimum absolute atomic E-state index is 0.119. The van der Waals surface area contributed by atoms with Crippen LogP contribution < -0.4 is 0 Å². The van der Waals surface area contributed by atoms with Crippen LogP contribution >= 0.6 is 15.9 Å². The van der Waals surface area contributed by atoms with Gasteiger partial charge in [-0.15, -0.1) is 0 Å². The number of nitro groups is 1. The molecular weight excluding hydrogens is 318 g/mol. The summed E-state index contributed by atoms with van der Waals surface area (Å²) >= 11 is 3.12. The molecule has 1 rings (SSSR count). The van der Waals surface area contributed by atoms with E-state index in [1.54, 1.807) is 13.0 Å². The molecule has 0 radical (unpaired) electrons. The number of benzene rings is 1. The highest BCUT2D eigenvalue weighted by molar-refractivity contribution is 9.10. The molecule has 0 fully saturated rings. The molecule has 0 saturated heterocycles. The Morgan fingerprint density at radius 2 is 2.00 bits per heavy atom. The van der Waals surface area contributed by atoms with Crippen molar-refractivity contribution in [1.82, 2.24) is 0 Å². The van der Waals surface area contributed by atoms with Crippen LogP contribution in [-0.4, -0.2) is 21.1 Å². The average molecular weight is 332 g/mol. The minimum Gasteiger partial charge on any atom is -0.481 e. The van der Waals surface area contributed by atoms with Crippen LogP contribution in [0.3, 0.4) is 0 Å². The van der Waals surface area contributed by atoms with Crippen molar-refractivity contribution in [2.75, 3.05) is 0 Å². The number of halogens is 1. The van der Waals surface area contributed by atoms with Crippen LogP contribution in [-0.2, 0) is 4.79 Å². The summed E-state index contributed by atoms with van der Waals surface area (Å²) in [4.78, 5) is 21.3. The molecule has 0 aliphatic rings. The van der Waals surface area contributed by atoms with Crippen LogP contribution in [0, 0.1) is 22.0 Å². The van der Waals surface area contributed by atoms with E-state index < -0.39 is 28.8 Å². The average Bonchev–Trinajstić information content (AvgIpc) is 2.35. The Morgan fingerprint density at radius 1 is 1.42 bits per heavy atom. The van der Waals surface area contributed by atoms with Crippen LogP contribution in [0.25, 0.3) is 0 Å². The molecule has 0 bridgehead atoms. The Bertz CT molecular complexity index is 505. The number of rotatable bonds is 5. The van der Waals surface area contributed by atoms with E-state index >= 15 is 0 Å². The Kier molecular flexibility index (Phi) is 5.02. The summed E-state index contributed by atoms with van der Waals surface area (Å²) in [5.74, 6) is -2.50. The van der Waals surface area contributed by atoms with Crippen LogP contribution in [0.4, 0.5) is 5.69 Å². The van der Waals surface area contributed by atoms with E-state index in [2.05, 4.69) is 15.9 Å². The molecule has 0 heterocycles. The lowest BCUT2D eigenvalue weighted by Gasteiger charge is -2.22. The van der Waals surface area contributed by atoms with Gasteiger partial charge in [-0.05, 0) is 18.1 Å². The first-order valence-electron chi connectivity index (χ1n) is 5.60. The van der Waals surface area contributed by atoms with E-state index in [0.29, 0.717) is 4.47 Å². The molecule has 7 heteroatoms. The number of carbonyl (C=O) groups is 1. The number of nitrogens with zero attached hydrogens (tertiary/aromatic N) is 1. The monoisotopic (exact) mass is 331 g/mol. The molecular formula is C12H14BrNO5. The lowest BCUT2D eigenvalue weighted by molar-refractivity contribution is -0.386. The van der Waals surface area contributed by atoms with Crippen LogP contribution in [0.2, 0.25) is 0 Å². The van der Waals surface area contributed by atoms with Crippen LogP contribution in [0.15, 0.2) is 22.7 Å². The number of hydrogen-bond acceptors (Lipinski definition) is 4. The molecule has 0 amide bonds. The Hall–Kier alpha value is -1.47. The molecule has 0 aliphatic carbocycles. The predicted molar refractivity (Wildman–Crippen MR) is 71.7 cm³/mol. The molecule has 104 valence electrons. The topological polar surface area (TPSA) is 101 Å². The summed E-state index contributed by atoms with van der Waals surface area (Å²) in [6, 6.07) is 4.29. The van der Waals surface area contributed by atoms with E-state index in [9.17, 15) is 20.0 Å². The molecule has 3 atom stereocenters. The van der Waals surface area contributed by atoms with Gasteiger partial charge < -0.3 is 10.2 Å². The number of nitro benzene ring substituents is 1. The summed E-state index contributed by atoms with van der Waals surface area (Å²) < 4.78 is 0.522. The van der Waals surface area contributed by atoms with E-state index in [-0.39, 0.29) is 11.3 Å². The fourth-order valence-electron chi connectivity index (χ4n) is 1.71. The van der Waals surface area contributed by atoms with Gasteiger partial charge in [0.15, 0.2) is 0 Å². The Labute approximate surface area is 118 Å². The van der Waals surface area contributed by atoms with Gasteiger partial charge in [-0.3, -0.25) is 14.9 Å². The van der Waals surface area contributed by atoms with Gasteiger partial charge in [-0.25, -0.2) is 0 Å². The summed E-state index contributed by atoms with van der Waals surface area (Å²) in [6.45, 7) is 3.01. The maximum atomic E-state index is 11.0. The third kappa shape index (κ3) is 3.51. The largest absolute Gasteiger partial charge is 0.481 e. The van der Waals surface area contributed by atoms with E-state index in [1.165, 1.54) is 19.1 Å². The van der Waals surface area contributed by atoms with Gasteiger partial charge in [-0.1, -0.05) is 29.8 Å². The number of hydrogen-bond donors (Lipinski definition) is 2. The standard InChI is InChI=1S/C12H14BrNO5/c1-6(7(2)12(16)17)11(15)9-4-3-8(13)5-10(9)14(18)19/h3-7,11,15H,1-2H3,(H,16,17). The second-order valence-corrected chi connectivity index (χ2v) is 5.31. The van der Waals surface area contributed by atoms with E-state index in [1.807, 2.05) is 0 Å². The summed E-state index contributed by atoms with van der Waals surface area (Å²) in [5.41, 5.74) is -0.111. The van der Waals surface area contributed by atoms with Crippen LogP contribution in [0.1, 0.15) is 25.5 Å². The van der Waals surface area contributed by atoms with Crippen molar-refractivity contribution in [1.29, 1.82) is 0 Å². The first-order chi connectivity index (χ1) is 8.75. The zero-order valence-electron chi connectivity index (χ0n) is 10.4. The van der Waals surface area contributed by atoms with Gasteiger partial charge in [-0.2, -0.15) is 0 Å². The highest BCUT2D eigenvalue weighted by Crippen LogP contribution is 2.35. The number of aliphatic hydroxyl groups is 1. The van der Waals surface area contributed by atoms with Crippen molar-refractivity contribution in [2.45, 2.75) is 20.0 Å². The fourth-order valence-corrected chi connectivity index (χ4v) is 2.06. The minimum atomic E-state index is -1.21. The first-order valence-corrected chi connectivity index (χ1v) is 6.39. The van der Waals surface area contributed by atoms with Gasteiger partial charge in [0.25, 0.3) is 5.69 Å². The molecule has 0 aromatic heterocycles. The second-order valence-electron chi connectivity index (χ2n) is 4.39. The van der Waals surface area contributed by atoms with E-state index in [4.69, 9.17) is 5.11 Å². The Balaban J connectivity index is 3.15. The maximum absolute atomic E-state index is 11.0. The quantitative estimate of drug-likeness (QED) is 0.638. The fraction of sp³-hybridized carbons (Fsp3) is 0.417. The third-order valence-electron chi connectivity index (χ3n) is 3.18. The lowest BCUT2D eigenvalue weighted by atomic mass is 9.86. The van der Waals surface area contributed by atoms with Crippen molar-refractivity contribution in [3.63, 3.8) is 0 Å².